The molecule has 1 unspecified atom stereocenters. The zero-order valence-corrected chi connectivity index (χ0v) is 13.4. The summed E-state index contributed by atoms with van der Waals surface area (Å²) in [7, 11) is 0. The van der Waals surface area contributed by atoms with Crippen molar-refractivity contribution in [2.75, 3.05) is 24.5 Å². The van der Waals surface area contributed by atoms with Crippen LogP contribution < -0.4 is 10.2 Å². The zero-order valence-electron chi connectivity index (χ0n) is 13.4. The number of nitrogens with zero attached hydrogens (tertiary/aromatic N) is 2. The average Bonchev–Trinajstić information content (AvgIpc) is 2.85. The highest BCUT2D eigenvalue weighted by Crippen LogP contribution is 2.25. The molecular formula is C17H29N3. The van der Waals surface area contributed by atoms with Crippen LogP contribution in [-0.2, 0) is 6.54 Å². The third-order valence-corrected chi connectivity index (χ3v) is 3.99. The Morgan fingerprint density at radius 1 is 1.40 bits per heavy atom. The molecule has 0 radical (unpaired) electrons. The Kier molecular flexibility index (Phi) is 5.41. The van der Waals surface area contributed by atoms with E-state index in [0.29, 0.717) is 5.92 Å². The summed E-state index contributed by atoms with van der Waals surface area (Å²) < 4.78 is 0. The number of pyridine rings is 1. The molecule has 1 N–H and O–H groups in total. The molecule has 1 fully saturated rings. The second kappa shape index (κ2) is 7.07. The first-order chi connectivity index (χ1) is 9.60. The van der Waals surface area contributed by atoms with Crippen molar-refractivity contribution in [3.05, 3.63) is 23.4 Å². The van der Waals surface area contributed by atoms with Gasteiger partial charge >= 0.3 is 0 Å². The van der Waals surface area contributed by atoms with Gasteiger partial charge in [-0.2, -0.15) is 0 Å². The first-order valence-corrected chi connectivity index (χ1v) is 8.06. The largest absolute Gasteiger partial charge is 0.356 e. The van der Waals surface area contributed by atoms with E-state index in [1.54, 1.807) is 0 Å². The predicted octanol–water partition coefficient (Wildman–Crippen LogP) is 3.55. The smallest absolute Gasteiger partial charge is 0.129 e. The molecule has 2 heterocycles. The fraction of sp³-hybridized carbons (Fsp3) is 0.706. The minimum Gasteiger partial charge on any atom is -0.356 e. The SMILES string of the molecule is CCCNCc1cc(C(C)C)nc(N2CCC(C)C2)c1. The zero-order chi connectivity index (χ0) is 14.5. The van der Waals surface area contributed by atoms with E-state index in [-0.39, 0.29) is 0 Å². The van der Waals surface area contributed by atoms with Crippen LogP contribution >= 0.6 is 0 Å². The molecule has 0 aromatic carbocycles. The fourth-order valence-corrected chi connectivity index (χ4v) is 2.71. The first kappa shape index (κ1) is 15.3. The highest BCUT2D eigenvalue weighted by molar-refractivity contribution is 5.44. The summed E-state index contributed by atoms with van der Waals surface area (Å²) >= 11 is 0. The van der Waals surface area contributed by atoms with Gasteiger partial charge in [0.2, 0.25) is 0 Å². The van der Waals surface area contributed by atoms with Gasteiger partial charge in [-0.25, -0.2) is 4.98 Å². The van der Waals surface area contributed by atoms with Crippen LogP contribution in [0.25, 0.3) is 0 Å². The van der Waals surface area contributed by atoms with Crippen molar-refractivity contribution < 1.29 is 0 Å². The van der Waals surface area contributed by atoms with Crippen molar-refractivity contribution in [2.24, 2.45) is 5.92 Å². The van der Waals surface area contributed by atoms with Gasteiger partial charge in [0, 0.05) is 25.3 Å². The number of aromatic nitrogens is 1. The van der Waals surface area contributed by atoms with E-state index < -0.39 is 0 Å². The molecule has 1 aromatic rings. The Morgan fingerprint density at radius 3 is 2.80 bits per heavy atom. The van der Waals surface area contributed by atoms with Crippen molar-refractivity contribution in [1.29, 1.82) is 0 Å². The van der Waals surface area contributed by atoms with Crippen molar-refractivity contribution in [3.8, 4) is 0 Å². The van der Waals surface area contributed by atoms with Crippen LogP contribution in [0, 0.1) is 5.92 Å². The van der Waals surface area contributed by atoms with E-state index in [0.717, 1.165) is 32.1 Å². The number of hydrogen-bond donors (Lipinski definition) is 1. The lowest BCUT2D eigenvalue weighted by atomic mass is 10.1. The van der Waals surface area contributed by atoms with E-state index in [4.69, 9.17) is 4.98 Å². The molecule has 0 saturated carbocycles. The van der Waals surface area contributed by atoms with Gasteiger partial charge in [0.1, 0.15) is 5.82 Å². The lowest BCUT2D eigenvalue weighted by Gasteiger charge is -2.20. The summed E-state index contributed by atoms with van der Waals surface area (Å²) in [5, 5.41) is 3.50. The maximum atomic E-state index is 4.88. The maximum Gasteiger partial charge on any atom is 0.129 e. The topological polar surface area (TPSA) is 28.2 Å². The van der Waals surface area contributed by atoms with Gasteiger partial charge in [-0.3, -0.25) is 0 Å². The van der Waals surface area contributed by atoms with Gasteiger partial charge in [-0.05, 0) is 48.9 Å². The average molecular weight is 275 g/mol. The van der Waals surface area contributed by atoms with E-state index in [2.05, 4.69) is 50.0 Å². The molecule has 0 spiro atoms. The Morgan fingerprint density at radius 2 is 2.20 bits per heavy atom. The van der Waals surface area contributed by atoms with Crippen LogP contribution in [0.15, 0.2) is 12.1 Å². The molecule has 0 aliphatic carbocycles. The summed E-state index contributed by atoms with van der Waals surface area (Å²) in [5.74, 6) is 2.45. The van der Waals surface area contributed by atoms with E-state index in [1.165, 1.54) is 29.9 Å². The van der Waals surface area contributed by atoms with E-state index in [9.17, 15) is 0 Å². The fourth-order valence-electron chi connectivity index (χ4n) is 2.71. The predicted molar refractivity (Wildman–Crippen MR) is 86.3 cm³/mol. The molecule has 0 bridgehead atoms. The summed E-state index contributed by atoms with van der Waals surface area (Å²) in [6.45, 7) is 13.3. The summed E-state index contributed by atoms with van der Waals surface area (Å²) in [4.78, 5) is 7.32. The minimum atomic E-state index is 0.486. The second-order valence-electron chi connectivity index (χ2n) is 6.43. The maximum absolute atomic E-state index is 4.88. The summed E-state index contributed by atoms with van der Waals surface area (Å²) in [6, 6.07) is 4.53. The number of hydrogen-bond acceptors (Lipinski definition) is 3. The third kappa shape index (κ3) is 3.95. The highest BCUT2D eigenvalue weighted by Gasteiger charge is 2.20. The highest BCUT2D eigenvalue weighted by atomic mass is 15.2. The van der Waals surface area contributed by atoms with Crippen molar-refractivity contribution in [2.45, 2.75) is 53.0 Å². The Hall–Kier alpha value is -1.09. The number of rotatable bonds is 6. The lowest BCUT2D eigenvalue weighted by Crippen LogP contribution is -2.22. The van der Waals surface area contributed by atoms with Gasteiger partial charge in [0.15, 0.2) is 0 Å². The van der Waals surface area contributed by atoms with E-state index >= 15 is 0 Å². The molecule has 1 aliphatic rings. The van der Waals surface area contributed by atoms with Crippen molar-refractivity contribution >= 4 is 5.82 Å². The molecule has 1 saturated heterocycles. The van der Waals surface area contributed by atoms with Gasteiger partial charge in [-0.15, -0.1) is 0 Å². The van der Waals surface area contributed by atoms with Gasteiger partial charge < -0.3 is 10.2 Å². The van der Waals surface area contributed by atoms with Crippen LogP contribution in [0.4, 0.5) is 5.82 Å². The normalized spacial score (nSPS) is 19.1. The van der Waals surface area contributed by atoms with Gasteiger partial charge in [-0.1, -0.05) is 27.7 Å². The molecule has 1 aliphatic heterocycles. The van der Waals surface area contributed by atoms with Crippen LogP contribution in [0.5, 0.6) is 0 Å². The monoisotopic (exact) mass is 275 g/mol. The Bertz CT molecular complexity index is 428. The molecular weight excluding hydrogens is 246 g/mol. The molecule has 0 amide bonds. The number of anilines is 1. The first-order valence-electron chi connectivity index (χ1n) is 8.06. The molecule has 20 heavy (non-hydrogen) atoms. The standard InChI is InChI=1S/C17H29N3/c1-5-7-18-11-15-9-16(13(2)3)19-17(10-15)20-8-6-14(4)12-20/h9-10,13-14,18H,5-8,11-12H2,1-4H3. The summed E-state index contributed by atoms with van der Waals surface area (Å²) in [5.41, 5.74) is 2.59. The second-order valence-corrected chi connectivity index (χ2v) is 6.43. The quantitative estimate of drug-likeness (QED) is 0.805. The molecule has 1 aromatic heterocycles. The van der Waals surface area contributed by atoms with Crippen LogP contribution in [0.1, 0.15) is 57.7 Å². The Labute approximate surface area is 123 Å². The molecule has 1 atom stereocenters. The molecule has 3 nitrogen and oxygen atoms in total. The molecule has 3 heteroatoms. The Balaban J connectivity index is 2.17. The molecule has 2 rings (SSSR count). The van der Waals surface area contributed by atoms with Crippen molar-refractivity contribution in [3.63, 3.8) is 0 Å². The van der Waals surface area contributed by atoms with Crippen LogP contribution in [-0.4, -0.2) is 24.6 Å². The van der Waals surface area contributed by atoms with Gasteiger partial charge in [0.25, 0.3) is 0 Å². The number of nitrogens with one attached hydrogen (secondary N) is 1. The molecule has 112 valence electrons. The third-order valence-electron chi connectivity index (χ3n) is 3.99. The van der Waals surface area contributed by atoms with Crippen LogP contribution in [0.3, 0.4) is 0 Å². The van der Waals surface area contributed by atoms with Crippen LogP contribution in [0.2, 0.25) is 0 Å². The minimum absolute atomic E-state index is 0.486. The van der Waals surface area contributed by atoms with Gasteiger partial charge in [0.05, 0.1) is 0 Å². The summed E-state index contributed by atoms with van der Waals surface area (Å²) in [6.07, 6.45) is 2.47. The lowest BCUT2D eigenvalue weighted by molar-refractivity contribution is 0.657. The van der Waals surface area contributed by atoms with E-state index in [1.807, 2.05) is 0 Å². The van der Waals surface area contributed by atoms with Crippen molar-refractivity contribution in [1.82, 2.24) is 10.3 Å².